The standard InChI is InChI=1S/C22H19F4N5O3/c23-16-5-1-2-6-17(16)28-21(33)31-11-3-4-14(12-31)19(32)27-15-9-7-13(8-10-15)18-29-20(34-30-18)22(24,25)26/h1-2,5-10,14H,3-4,11-12H2,(H,27,32)(H,28,33). The molecule has 0 spiro atoms. The van der Waals surface area contributed by atoms with Gasteiger partial charge in [-0.25, -0.2) is 9.18 Å². The number of alkyl halides is 3. The summed E-state index contributed by atoms with van der Waals surface area (Å²) in [4.78, 5) is 30.0. The quantitative estimate of drug-likeness (QED) is 0.527. The van der Waals surface area contributed by atoms with E-state index in [1.165, 1.54) is 47.4 Å². The van der Waals surface area contributed by atoms with Crippen LogP contribution in [-0.4, -0.2) is 40.1 Å². The first kappa shape index (κ1) is 23.2. The number of hydrogen-bond acceptors (Lipinski definition) is 5. The molecule has 3 amide bonds. The minimum atomic E-state index is -4.74. The molecule has 178 valence electrons. The second-order valence-electron chi connectivity index (χ2n) is 7.68. The molecule has 2 N–H and O–H groups in total. The molecule has 1 fully saturated rings. The number of aromatic nitrogens is 2. The summed E-state index contributed by atoms with van der Waals surface area (Å²) in [6.45, 7) is 0.594. The largest absolute Gasteiger partial charge is 0.471 e. The molecule has 1 saturated heterocycles. The van der Waals surface area contributed by atoms with Crippen molar-refractivity contribution in [2.75, 3.05) is 23.7 Å². The van der Waals surface area contributed by atoms with E-state index >= 15 is 0 Å². The molecule has 0 saturated carbocycles. The molecule has 3 aromatic rings. The van der Waals surface area contributed by atoms with E-state index in [-0.39, 0.29) is 29.5 Å². The number of carbonyl (C=O) groups excluding carboxylic acids is 2. The average Bonchev–Trinajstić information content (AvgIpc) is 3.32. The zero-order chi connectivity index (χ0) is 24.3. The number of rotatable bonds is 4. The van der Waals surface area contributed by atoms with Gasteiger partial charge >= 0.3 is 18.1 Å². The summed E-state index contributed by atoms with van der Waals surface area (Å²) in [6.07, 6.45) is -3.57. The van der Waals surface area contributed by atoms with Crippen LogP contribution in [0.1, 0.15) is 18.7 Å². The highest BCUT2D eigenvalue weighted by atomic mass is 19.4. The lowest BCUT2D eigenvalue weighted by Gasteiger charge is -2.32. The van der Waals surface area contributed by atoms with Crippen molar-refractivity contribution >= 4 is 23.3 Å². The first-order valence-corrected chi connectivity index (χ1v) is 10.3. The number of likely N-dealkylation sites (tertiary alicyclic amines) is 1. The normalized spacial score (nSPS) is 16.2. The number of hydrogen-bond donors (Lipinski definition) is 2. The Morgan fingerprint density at radius 3 is 2.47 bits per heavy atom. The zero-order valence-corrected chi connectivity index (χ0v) is 17.6. The van der Waals surface area contributed by atoms with Crippen LogP contribution in [0.2, 0.25) is 0 Å². The lowest BCUT2D eigenvalue weighted by Crippen LogP contribution is -2.45. The van der Waals surface area contributed by atoms with Crippen LogP contribution in [0.4, 0.5) is 33.7 Å². The van der Waals surface area contributed by atoms with Crippen molar-refractivity contribution in [1.82, 2.24) is 15.0 Å². The van der Waals surface area contributed by atoms with Crippen molar-refractivity contribution in [3.05, 3.63) is 60.2 Å². The van der Waals surface area contributed by atoms with Crippen molar-refractivity contribution in [3.8, 4) is 11.4 Å². The summed E-state index contributed by atoms with van der Waals surface area (Å²) in [6, 6.07) is 11.2. The maximum absolute atomic E-state index is 13.8. The number of piperidine rings is 1. The maximum Gasteiger partial charge on any atom is 0.471 e. The van der Waals surface area contributed by atoms with Crippen LogP contribution in [0.15, 0.2) is 53.1 Å². The van der Waals surface area contributed by atoms with E-state index < -0.39 is 29.8 Å². The number of amides is 3. The molecule has 1 aromatic heterocycles. The fourth-order valence-corrected chi connectivity index (χ4v) is 3.54. The Hall–Kier alpha value is -3.96. The molecule has 4 rings (SSSR count). The molecule has 8 nitrogen and oxygen atoms in total. The predicted molar refractivity (Wildman–Crippen MR) is 113 cm³/mol. The van der Waals surface area contributed by atoms with Crippen molar-refractivity contribution in [3.63, 3.8) is 0 Å². The highest BCUT2D eigenvalue weighted by Crippen LogP contribution is 2.29. The molecule has 34 heavy (non-hydrogen) atoms. The molecule has 0 aliphatic carbocycles. The molecule has 0 radical (unpaired) electrons. The van der Waals surface area contributed by atoms with E-state index in [2.05, 4.69) is 25.3 Å². The predicted octanol–water partition coefficient (Wildman–Crippen LogP) is 4.78. The van der Waals surface area contributed by atoms with Crippen molar-refractivity contribution < 1.29 is 31.7 Å². The van der Waals surface area contributed by atoms with Crippen LogP contribution < -0.4 is 10.6 Å². The monoisotopic (exact) mass is 477 g/mol. The van der Waals surface area contributed by atoms with Gasteiger partial charge in [-0.15, -0.1) is 0 Å². The second kappa shape index (κ2) is 9.49. The van der Waals surface area contributed by atoms with Crippen LogP contribution in [0.25, 0.3) is 11.4 Å². The Bertz CT molecular complexity index is 1180. The van der Waals surface area contributed by atoms with Gasteiger partial charge in [0.25, 0.3) is 0 Å². The van der Waals surface area contributed by atoms with Crippen molar-refractivity contribution in [2.45, 2.75) is 19.0 Å². The van der Waals surface area contributed by atoms with Gasteiger partial charge in [-0.3, -0.25) is 4.79 Å². The van der Waals surface area contributed by atoms with Gasteiger partial charge in [0, 0.05) is 24.3 Å². The average molecular weight is 477 g/mol. The molecule has 1 aliphatic rings. The van der Waals surface area contributed by atoms with Crippen LogP contribution in [0, 0.1) is 11.7 Å². The Kier molecular flexibility index (Phi) is 6.48. The Balaban J connectivity index is 1.35. The van der Waals surface area contributed by atoms with E-state index in [1.807, 2.05) is 0 Å². The SMILES string of the molecule is O=C(Nc1ccc(-c2noc(C(F)(F)F)n2)cc1)C1CCCN(C(=O)Nc2ccccc2F)C1. The Labute approximate surface area is 190 Å². The van der Waals surface area contributed by atoms with Gasteiger partial charge in [0.15, 0.2) is 0 Å². The molecular weight excluding hydrogens is 458 g/mol. The van der Waals surface area contributed by atoms with Crippen LogP contribution in [0.3, 0.4) is 0 Å². The molecule has 0 bridgehead atoms. The number of benzene rings is 2. The van der Waals surface area contributed by atoms with E-state index in [9.17, 15) is 27.2 Å². The van der Waals surface area contributed by atoms with Gasteiger partial charge in [0.1, 0.15) is 5.82 Å². The van der Waals surface area contributed by atoms with Crippen LogP contribution >= 0.6 is 0 Å². The fraction of sp³-hybridized carbons (Fsp3) is 0.273. The van der Waals surface area contributed by atoms with Crippen molar-refractivity contribution in [1.29, 1.82) is 0 Å². The minimum absolute atomic E-state index is 0.0584. The maximum atomic E-state index is 13.8. The summed E-state index contributed by atoms with van der Waals surface area (Å²) in [5.74, 6) is -3.02. The number of para-hydroxylation sites is 1. The molecule has 12 heteroatoms. The lowest BCUT2D eigenvalue weighted by molar-refractivity contribution is -0.159. The van der Waals surface area contributed by atoms with Gasteiger partial charge < -0.3 is 20.1 Å². The summed E-state index contributed by atoms with van der Waals surface area (Å²) < 4.78 is 55.9. The first-order chi connectivity index (χ1) is 16.2. The zero-order valence-electron chi connectivity index (χ0n) is 17.6. The number of nitrogens with zero attached hydrogens (tertiary/aromatic N) is 3. The molecule has 1 unspecified atom stereocenters. The van der Waals surface area contributed by atoms with Gasteiger partial charge in [0.05, 0.1) is 11.6 Å². The minimum Gasteiger partial charge on any atom is -0.329 e. The smallest absolute Gasteiger partial charge is 0.329 e. The van der Waals surface area contributed by atoms with E-state index in [1.54, 1.807) is 6.07 Å². The van der Waals surface area contributed by atoms with Gasteiger partial charge in [-0.2, -0.15) is 18.2 Å². The van der Waals surface area contributed by atoms with Gasteiger partial charge in [0.2, 0.25) is 11.7 Å². The first-order valence-electron chi connectivity index (χ1n) is 10.3. The van der Waals surface area contributed by atoms with Crippen LogP contribution in [0.5, 0.6) is 0 Å². The number of anilines is 2. The van der Waals surface area contributed by atoms with Gasteiger partial charge in [-0.1, -0.05) is 17.3 Å². The van der Waals surface area contributed by atoms with Gasteiger partial charge in [-0.05, 0) is 49.2 Å². The topological polar surface area (TPSA) is 100 Å². The number of halogens is 4. The summed E-state index contributed by atoms with van der Waals surface area (Å²) in [5, 5.41) is 8.57. The fourth-order valence-electron chi connectivity index (χ4n) is 3.54. The Morgan fingerprint density at radius 1 is 1.06 bits per heavy atom. The third kappa shape index (κ3) is 5.33. The summed E-state index contributed by atoms with van der Waals surface area (Å²) >= 11 is 0. The van der Waals surface area contributed by atoms with E-state index in [0.717, 1.165) is 0 Å². The van der Waals surface area contributed by atoms with Crippen LogP contribution in [-0.2, 0) is 11.0 Å². The summed E-state index contributed by atoms with van der Waals surface area (Å²) in [5.41, 5.74) is 0.759. The van der Waals surface area contributed by atoms with Crippen molar-refractivity contribution in [2.24, 2.45) is 5.92 Å². The lowest BCUT2D eigenvalue weighted by atomic mass is 9.97. The highest BCUT2D eigenvalue weighted by Gasteiger charge is 2.38. The second-order valence-corrected chi connectivity index (χ2v) is 7.68. The third-order valence-electron chi connectivity index (χ3n) is 5.27. The summed E-state index contributed by atoms with van der Waals surface area (Å²) in [7, 11) is 0. The molecule has 2 heterocycles. The van der Waals surface area contributed by atoms with E-state index in [4.69, 9.17) is 0 Å². The molecule has 1 aliphatic heterocycles. The number of carbonyl (C=O) groups is 2. The van der Waals surface area contributed by atoms with E-state index in [0.29, 0.717) is 25.1 Å². The molecule has 2 aromatic carbocycles. The highest BCUT2D eigenvalue weighted by molar-refractivity contribution is 5.94. The molecule has 1 atom stereocenters. The Morgan fingerprint density at radius 2 is 1.79 bits per heavy atom. The number of nitrogens with one attached hydrogen (secondary N) is 2. The molecular formula is C22H19F4N5O3. The number of urea groups is 1. The third-order valence-corrected chi connectivity index (χ3v) is 5.27.